The van der Waals surface area contributed by atoms with Crippen molar-refractivity contribution in [3.8, 4) is 5.75 Å². The number of benzene rings is 2. The average molecular weight is 466 g/mol. The van der Waals surface area contributed by atoms with Gasteiger partial charge in [0.1, 0.15) is 10.8 Å². The summed E-state index contributed by atoms with van der Waals surface area (Å²) in [6.07, 6.45) is 1.77. The lowest BCUT2D eigenvalue weighted by Crippen LogP contribution is -2.41. The Morgan fingerprint density at radius 3 is 2.48 bits per heavy atom. The van der Waals surface area contributed by atoms with Crippen LogP contribution in [-0.2, 0) is 0 Å². The van der Waals surface area contributed by atoms with Crippen LogP contribution in [0.15, 0.2) is 48.5 Å². The number of nitrogens with zero attached hydrogens (tertiary/aromatic N) is 3. The Kier molecular flexibility index (Phi) is 7.19. The molecule has 33 heavy (non-hydrogen) atoms. The quantitative estimate of drug-likeness (QED) is 0.539. The maximum absolute atomic E-state index is 12.8. The number of amides is 3. The van der Waals surface area contributed by atoms with Gasteiger partial charge in [0, 0.05) is 30.4 Å². The summed E-state index contributed by atoms with van der Waals surface area (Å²) in [5.41, 5.74) is 2.56. The Bertz CT molecular complexity index is 1100. The monoisotopic (exact) mass is 465 g/mol. The Balaban J connectivity index is 1.35. The predicted molar refractivity (Wildman–Crippen MR) is 129 cm³/mol. The van der Waals surface area contributed by atoms with Crippen molar-refractivity contribution in [1.82, 2.24) is 15.1 Å². The first-order chi connectivity index (χ1) is 16.0. The highest BCUT2D eigenvalue weighted by Crippen LogP contribution is 2.30. The van der Waals surface area contributed by atoms with E-state index in [1.807, 2.05) is 62.4 Å². The van der Waals surface area contributed by atoms with Crippen LogP contribution in [0.2, 0.25) is 0 Å². The number of likely N-dealkylation sites (tertiary alicyclic amines) is 1. The number of hydrogen-bond acceptors (Lipinski definition) is 6. The molecule has 1 fully saturated rings. The molecule has 1 aromatic heterocycles. The number of hydrogen-bond donors (Lipinski definition) is 2. The van der Waals surface area contributed by atoms with Crippen LogP contribution < -0.4 is 15.4 Å². The summed E-state index contributed by atoms with van der Waals surface area (Å²) >= 11 is 1.29. The van der Waals surface area contributed by atoms with Gasteiger partial charge in [-0.25, -0.2) is 4.79 Å². The van der Waals surface area contributed by atoms with Crippen LogP contribution in [-0.4, -0.2) is 46.7 Å². The van der Waals surface area contributed by atoms with Crippen LogP contribution in [0.1, 0.15) is 46.1 Å². The molecule has 1 saturated heterocycles. The normalized spacial score (nSPS) is 15.7. The smallest absolute Gasteiger partial charge is 0.321 e. The number of carbonyl (C=O) groups is 2. The number of anilines is 2. The van der Waals surface area contributed by atoms with Crippen molar-refractivity contribution in [1.29, 1.82) is 0 Å². The lowest BCUT2D eigenvalue weighted by Gasteiger charge is -2.31. The molecule has 0 bridgehead atoms. The molecular formula is C24H27N5O3S. The Labute approximate surface area is 197 Å². The summed E-state index contributed by atoms with van der Waals surface area (Å²) in [6.45, 7) is 5.74. The number of urea groups is 1. The van der Waals surface area contributed by atoms with Gasteiger partial charge >= 0.3 is 6.03 Å². The zero-order valence-corrected chi connectivity index (χ0v) is 19.5. The van der Waals surface area contributed by atoms with E-state index in [9.17, 15) is 9.59 Å². The van der Waals surface area contributed by atoms with Gasteiger partial charge in [-0.05, 0) is 63.1 Å². The van der Waals surface area contributed by atoms with E-state index in [4.69, 9.17) is 4.74 Å². The molecule has 0 radical (unpaired) electrons. The van der Waals surface area contributed by atoms with E-state index in [2.05, 4.69) is 20.8 Å². The van der Waals surface area contributed by atoms with Gasteiger partial charge < -0.3 is 20.3 Å². The first kappa shape index (κ1) is 22.7. The molecule has 3 aromatic rings. The Morgan fingerprint density at radius 2 is 1.76 bits per heavy atom. The van der Waals surface area contributed by atoms with Gasteiger partial charge in [0.15, 0.2) is 0 Å². The van der Waals surface area contributed by atoms with Gasteiger partial charge in [0.05, 0.1) is 6.61 Å². The van der Waals surface area contributed by atoms with Crippen molar-refractivity contribution in [2.75, 3.05) is 30.3 Å². The van der Waals surface area contributed by atoms with E-state index in [1.54, 1.807) is 4.90 Å². The van der Waals surface area contributed by atoms with Crippen molar-refractivity contribution in [3.63, 3.8) is 0 Å². The summed E-state index contributed by atoms with van der Waals surface area (Å²) in [5, 5.41) is 15.2. The number of aryl methyl sites for hydroxylation is 1. The topological polar surface area (TPSA) is 96.4 Å². The molecule has 3 amide bonds. The van der Waals surface area contributed by atoms with Gasteiger partial charge in [-0.3, -0.25) is 4.79 Å². The molecule has 0 spiro atoms. The van der Waals surface area contributed by atoms with E-state index in [0.29, 0.717) is 24.7 Å². The molecule has 1 aliphatic rings. The van der Waals surface area contributed by atoms with Crippen LogP contribution in [0.4, 0.5) is 16.2 Å². The van der Waals surface area contributed by atoms with E-state index < -0.39 is 0 Å². The molecule has 0 unspecified atom stereocenters. The minimum atomic E-state index is -0.275. The van der Waals surface area contributed by atoms with Crippen molar-refractivity contribution >= 4 is 34.6 Å². The van der Waals surface area contributed by atoms with Gasteiger partial charge in [-0.2, -0.15) is 0 Å². The second-order valence-corrected chi connectivity index (χ2v) is 8.95. The second-order valence-electron chi connectivity index (χ2n) is 7.94. The molecule has 1 atom stereocenters. The third-order valence-corrected chi connectivity index (χ3v) is 6.50. The molecule has 4 rings (SSSR count). The van der Waals surface area contributed by atoms with E-state index in [0.717, 1.165) is 40.5 Å². The maximum Gasteiger partial charge on any atom is 0.321 e. The number of ether oxygens (including phenoxy) is 1. The fourth-order valence-electron chi connectivity index (χ4n) is 3.68. The van der Waals surface area contributed by atoms with Crippen LogP contribution in [0, 0.1) is 6.92 Å². The molecule has 9 heteroatoms. The van der Waals surface area contributed by atoms with Crippen molar-refractivity contribution in [2.45, 2.75) is 32.6 Å². The minimum Gasteiger partial charge on any atom is -0.494 e. The molecule has 172 valence electrons. The molecular weight excluding hydrogens is 438 g/mol. The number of rotatable bonds is 6. The third kappa shape index (κ3) is 5.87. The molecule has 2 heterocycles. The molecule has 8 nitrogen and oxygen atoms in total. The molecule has 2 aromatic carbocycles. The standard InChI is InChI=1S/C24H27N5O3S/c1-3-32-20-12-10-19(11-13-20)26-24(31)29-14-4-5-17(15-29)22-27-28-23(33-22)21(30)25-18-8-6-16(2)7-9-18/h6-13,17H,3-5,14-15H2,1-2H3,(H,25,30)(H,26,31)/t17-/m1/s1. The minimum absolute atomic E-state index is 0.0586. The SMILES string of the molecule is CCOc1ccc(NC(=O)N2CCC[C@@H](c3nnc(C(=O)Nc4ccc(C)cc4)s3)C2)cc1. The summed E-state index contributed by atoms with van der Waals surface area (Å²) in [7, 11) is 0. The molecule has 0 saturated carbocycles. The summed E-state index contributed by atoms with van der Waals surface area (Å²) in [6, 6.07) is 14.8. The Morgan fingerprint density at radius 1 is 1.06 bits per heavy atom. The fourth-order valence-corrected chi connectivity index (χ4v) is 4.54. The van der Waals surface area contributed by atoms with Crippen molar-refractivity contribution < 1.29 is 14.3 Å². The summed E-state index contributed by atoms with van der Waals surface area (Å²) in [4.78, 5) is 27.1. The van der Waals surface area contributed by atoms with Gasteiger partial charge in [-0.15, -0.1) is 10.2 Å². The van der Waals surface area contributed by atoms with Crippen molar-refractivity contribution in [3.05, 3.63) is 64.1 Å². The van der Waals surface area contributed by atoms with E-state index in [1.165, 1.54) is 11.3 Å². The summed E-state index contributed by atoms with van der Waals surface area (Å²) < 4.78 is 5.44. The first-order valence-electron chi connectivity index (χ1n) is 11.0. The molecule has 2 N–H and O–H groups in total. The first-order valence-corrected chi connectivity index (χ1v) is 11.8. The zero-order chi connectivity index (χ0) is 23.2. The lowest BCUT2D eigenvalue weighted by atomic mass is 9.99. The zero-order valence-electron chi connectivity index (χ0n) is 18.7. The molecule has 1 aliphatic heterocycles. The van der Waals surface area contributed by atoms with Crippen LogP contribution in [0.25, 0.3) is 0 Å². The predicted octanol–water partition coefficient (Wildman–Crippen LogP) is 4.91. The largest absolute Gasteiger partial charge is 0.494 e. The highest BCUT2D eigenvalue weighted by Gasteiger charge is 2.28. The maximum atomic E-state index is 12.8. The third-order valence-electron chi connectivity index (χ3n) is 5.42. The molecule has 0 aliphatic carbocycles. The van der Waals surface area contributed by atoms with Gasteiger partial charge in [0.25, 0.3) is 5.91 Å². The summed E-state index contributed by atoms with van der Waals surface area (Å²) in [5.74, 6) is 0.554. The van der Waals surface area contributed by atoms with E-state index >= 15 is 0 Å². The van der Waals surface area contributed by atoms with Gasteiger partial charge in [-0.1, -0.05) is 29.0 Å². The highest BCUT2D eigenvalue weighted by atomic mass is 32.1. The van der Waals surface area contributed by atoms with Crippen molar-refractivity contribution in [2.24, 2.45) is 0 Å². The number of piperidine rings is 1. The fraction of sp³-hybridized carbons (Fsp3) is 0.333. The van der Waals surface area contributed by atoms with Crippen LogP contribution in [0.3, 0.4) is 0 Å². The number of nitrogens with one attached hydrogen (secondary N) is 2. The Hall–Kier alpha value is -3.46. The number of aromatic nitrogens is 2. The highest BCUT2D eigenvalue weighted by molar-refractivity contribution is 7.13. The number of carbonyl (C=O) groups excluding carboxylic acids is 2. The second kappa shape index (κ2) is 10.4. The van der Waals surface area contributed by atoms with Gasteiger partial charge in [0.2, 0.25) is 5.01 Å². The average Bonchev–Trinajstić information content (AvgIpc) is 3.33. The lowest BCUT2D eigenvalue weighted by molar-refractivity contribution is 0.102. The van der Waals surface area contributed by atoms with E-state index in [-0.39, 0.29) is 17.9 Å². The van der Waals surface area contributed by atoms with Crippen LogP contribution in [0.5, 0.6) is 5.75 Å². The van der Waals surface area contributed by atoms with Crippen LogP contribution >= 0.6 is 11.3 Å².